The van der Waals surface area contributed by atoms with Crippen LogP contribution in [0.3, 0.4) is 0 Å². The molecule has 0 aliphatic heterocycles. The Morgan fingerprint density at radius 2 is 2.31 bits per heavy atom. The zero-order valence-electron chi connectivity index (χ0n) is 8.46. The van der Waals surface area contributed by atoms with Gasteiger partial charge in [0.25, 0.3) is 0 Å². The molecule has 1 unspecified atom stereocenters. The number of Topliss-reactive ketones (excluding diaryl/α,β-unsaturated/α-hetero) is 1. The molecule has 0 heterocycles. The molecule has 0 saturated carbocycles. The van der Waals surface area contributed by atoms with Crippen molar-refractivity contribution in [3.63, 3.8) is 0 Å². The van der Waals surface area contributed by atoms with Crippen molar-refractivity contribution in [2.75, 3.05) is 6.61 Å². The van der Waals surface area contributed by atoms with Crippen LogP contribution in [0.25, 0.3) is 0 Å². The van der Waals surface area contributed by atoms with Gasteiger partial charge in [-0.25, -0.2) is 0 Å². The topological polar surface area (TPSA) is 37.3 Å². The zero-order chi connectivity index (χ0) is 10.1. The summed E-state index contributed by atoms with van der Waals surface area (Å²) < 4.78 is 0. The summed E-state index contributed by atoms with van der Waals surface area (Å²) in [6.45, 7) is 5.72. The van der Waals surface area contributed by atoms with Crippen LogP contribution >= 0.6 is 0 Å². The summed E-state index contributed by atoms with van der Waals surface area (Å²) in [5.41, 5.74) is 0. The van der Waals surface area contributed by atoms with Gasteiger partial charge in [0.1, 0.15) is 5.78 Å². The maximum Gasteiger partial charge on any atom is 0.132 e. The minimum atomic E-state index is 0.201. The monoisotopic (exact) mass is 184 g/mol. The molecule has 0 fully saturated rings. The highest BCUT2D eigenvalue weighted by Gasteiger charge is 2.06. The highest BCUT2D eigenvalue weighted by molar-refractivity contribution is 5.77. The van der Waals surface area contributed by atoms with Crippen molar-refractivity contribution < 1.29 is 9.90 Å². The Bertz CT molecular complexity index is 152. The van der Waals surface area contributed by atoms with E-state index in [1.165, 1.54) is 0 Å². The first-order valence-corrected chi connectivity index (χ1v) is 4.98. The number of hydrogen-bond donors (Lipinski definition) is 1. The molecule has 0 saturated heterocycles. The van der Waals surface area contributed by atoms with Crippen LogP contribution < -0.4 is 0 Å². The van der Waals surface area contributed by atoms with Gasteiger partial charge in [-0.2, -0.15) is 0 Å². The van der Waals surface area contributed by atoms with E-state index in [4.69, 9.17) is 5.11 Å². The largest absolute Gasteiger partial charge is 0.396 e. The van der Waals surface area contributed by atoms with E-state index in [-0.39, 0.29) is 6.61 Å². The molecule has 2 heteroatoms. The molecule has 0 aromatic carbocycles. The van der Waals surface area contributed by atoms with Crippen LogP contribution in [0.1, 0.15) is 39.0 Å². The molecular formula is C11H20O2. The van der Waals surface area contributed by atoms with Gasteiger partial charge < -0.3 is 5.11 Å². The number of allylic oxidation sites excluding steroid dienone is 1. The molecule has 0 aromatic rings. The first kappa shape index (κ1) is 12.4. The number of rotatable bonds is 8. The Hall–Kier alpha value is -0.630. The third-order valence-corrected chi connectivity index (χ3v) is 2.22. The Balaban J connectivity index is 3.48. The van der Waals surface area contributed by atoms with Gasteiger partial charge in [0.2, 0.25) is 0 Å². The van der Waals surface area contributed by atoms with Crippen molar-refractivity contribution in [2.24, 2.45) is 5.92 Å². The minimum Gasteiger partial charge on any atom is -0.396 e. The summed E-state index contributed by atoms with van der Waals surface area (Å²) >= 11 is 0. The van der Waals surface area contributed by atoms with E-state index in [0.29, 0.717) is 24.5 Å². The summed E-state index contributed by atoms with van der Waals surface area (Å²) in [6, 6.07) is 0. The Morgan fingerprint density at radius 3 is 2.77 bits per heavy atom. The second-order valence-electron chi connectivity index (χ2n) is 3.36. The van der Waals surface area contributed by atoms with Gasteiger partial charge in [0.05, 0.1) is 0 Å². The lowest BCUT2D eigenvalue weighted by molar-refractivity contribution is -0.118. The second kappa shape index (κ2) is 7.99. The second-order valence-corrected chi connectivity index (χ2v) is 3.36. The summed E-state index contributed by atoms with van der Waals surface area (Å²) in [7, 11) is 0. The van der Waals surface area contributed by atoms with E-state index >= 15 is 0 Å². The van der Waals surface area contributed by atoms with Gasteiger partial charge in [0.15, 0.2) is 0 Å². The van der Waals surface area contributed by atoms with Crippen LogP contribution in [0.15, 0.2) is 12.7 Å². The molecule has 0 rings (SSSR count). The Kier molecular flexibility index (Phi) is 7.60. The third kappa shape index (κ3) is 6.52. The average molecular weight is 184 g/mol. The van der Waals surface area contributed by atoms with Crippen molar-refractivity contribution in [3.05, 3.63) is 12.7 Å². The van der Waals surface area contributed by atoms with Gasteiger partial charge in [-0.1, -0.05) is 13.0 Å². The van der Waals surface area contributed by atoms with Crippen LogP contribution in [-0.4, -0.2) is 17.5 Å². The molecule has 2 nitrogen and oxygen atoms in total. The molecule has 1 N–H and O–H groups in total. The number of ketones is 1. The van der Waals surface area contributed by atoms with Crippen LogP contribution in [-0.2, 0) is 4.79 Å². The number of carbonyl (C=O) groups excluding carboxylic acids is 1. The third-order valence-electron chi connectivity index (χ3n) is 2.22. The van der Waals surface area contributed by atoms with Gasteiger partial charge in [-0.15, -0.1) is 6.58 Å². The smallest absolute Gasteiger partial charge is 0.132 e. The predicted molar refractivity (Wildman–Crippen MR) is 54.5 cm³/mol. The summed E-state index contributed by atoms with van der Waals surface area (Å²) in [5, 5.41) is 8.95. The van der Waals surface area contributed by atoms with Crippen LogP contribution in [0.4, 0.5) is 0 Å². The first-order chi connectivity index (χ1) is 6.24. The van der Waals surface area contributed by atoms with E-state index < -0.39 is 0 Å². The zero-order valence-corrected chi connectivity index (χ0v) is 8.46. The Labute approximate surface area is 80.7 Å². The molecule has 1 atom stereocenters. The molecular weight excluding hydrogens is 164 g/mol. The molecule has 76 valence electrons. The number of carbonyl (C=O) groups is 1. The lowest BCUT2D eigenvalue weighted by atomic mass is 9.98. The van der Waals surface area contributed by atoms with E-state index in [9.17, 15) is 4.79 Å². The fraction of sp³-hybridized carbons (Fsp3) is 0.727. The quantitative estimate of drug-likeness (QED) is 0.588. The minimum absolute atomic E-state index is 0.201. The highest BCUT2D eigenvalue weighted by Crippen LogP contribution is 2.12. The average Bonchev–Trinajstić information content (AvgIpc) is 2.16. The number of aliphatic hydroxyl groups is 1. The molecule has 0 amide bonds. The molecule has 13 heavy (non-hydrogen) atoms. The molecule has 0 aliphatic rings. The molecule has 0 aromatic heterocycles. The first-order valence-electron chi connectivity index (χ1n) is 4.98. The highest BCUT2D eigenvalue weighted by atomic mass is 16.3. The Morgan fingerprint density at radius 1 is 1.62 bits per heavy atom. The van der Waals surface area contributed by atoms with Gasteiger partial charge in [0, 0.05) is 19.4 Å². The SMILES string of the molecule is C=CCC(CO)CCCC(=O)CC. The van der Waals surface area contributed by atoms with Crippen molar-refractivity contribution in [1.82, 2.24) is 0 Å². The fourth-order valence-electron chi connectivity index (χ4n) is 1.28. The van der Waals surface area contributed by atoms with Gasteiger partial charge in [-0.05, 0) is 25.2 Å². The van der Waals surface area contributed by atoms with Crippen molar-refractivity contribution >= 4 is 5.78 Å². The van der Waals surface area contributed by atoms with Crippen LogP contribution in [0.5, 0.6) is 0 Å². The van der Waals surface area contributed by atoms with Crippen molar-refractivity contribution in [3.8, 4) is 0 Å². The number of aliphatic hydroxyl groups excluding tert-OH is 1. The van der Waals surface area contributed by atoms with Crippen LogP contribution in [0, 0.1) is 5.92 Å². The lowest BCUT2D eigenvalue weighted by Gasteiger charge is -2.10. The molecule has 0 radical (unpaired) electrons. The van der Waals surface area contributed by atoms with E-state index in [0.717, 1.165) is 19.3 Å². The van der Waals surface area contributed by atoms with Crippen LogP contribution in [0.2, 0.25) is 0 Å². The molecule has 0 aliphatic carbocycles. The van der Waals surface area contributed by atoms with Crippen molar-refractivity contribution in [2.45, 2.75) is 39.0 Å². The maximum atomic E-state index is 11.0. The molecule has 0 bridgehead atoms. The van der Waals surface area contributed by atoms with E-state index in [1.807, 2.05) is 13.0 Å². The van der Waals surface area contributed by atoms with Crippen molar-refractivity contribution in [1.29, 1.82) is 0 Å². The summed E-state index contributed by atoms with van der Waals surface area (Å²) in [6.07, 6.45) is 5.77. The molecule has 0 spiro atoms. The van der Waals surface area contributed by atoms with E-state index in [1.54, 1.807) is 0 Å². The van der Waals surface area contributed by atoms with E-state index in [2.05, 4.69) is 6.58 Å². The standard InChI is InChI=1S/C11H20O2/c1-3-6-10(9-12)7-5-8-11(13)4-2/h3,10,12H,1,4-9H2,2H3. The lowest BCUT2D eigenvalue weighted by Crippen LogP contribution is -2.06. The summed E-state index contributed by atoms with van der Waals surface area (Å²) in [5.74, 6) is 0.609. The fourth-order valence-corrected chi connectivity index (χ4v) is 1.28. The summed E-state index contributed by atoms with van der Waals surface area (Å²) in [4.78, 5) is 11.0. The predicted octanol–water partition coefficient (Wildman–Crippen LogP) is 2.32. The number of hydrogen-bond acceptors (Lipinski definition) is 2. The van der Waals surface area contributed by atoms with Gasteiger partial charge >= 0.3 is 0 Å². The normalized spacial score (nSPS) is 12.5. The maximum absolute atomic E-state index is 11.0. The van der Waals surface area contributed by atoms with Gasteiger partial charge in [-0.3, -0.25) is 4.79 Å².